The lowest BCUT2D eigenvalue weighted by Crippen LogP contribution is -2.23. The fourth-order valence-electron chi connectivity index (χ4n) is 2.20. The molecule has 0 aliphatic carbocycles. The summed E-state index contributed by atoms with van der Waals surface area (Å²) in [7, 11) is 1.42. The van der Waals surface area contributed by atoms with E-state index in [0.717, 1.165) is 12.6 Å². The number of nitrogens with one attached hydrogen (secondary N) is 2. The molecule has 0 radical (unpaired) electrons. The fourth-order valence-corrected chi connectivity index (χ4v) is 2.20. The first-order valence-electron chi connectivity index (χ1n) is 7.90. The Hall–Kier alpha value is -2.84. The molecule has 1 heterocycles. The summed E-state index contributed by atoms with van der Waals surface area (Å²) < 4.78 is 43.6. The lowest BCUT2D eigenvalue weighted by molar-refractivity contribution is -0.138. The molecule has 0 aliphatic rings. The van der Waals surface area contributed by atoms with Gasteiger partial charge < -0.3 is 15.4 Å². The first-order valence-corrected chi connectivity index (χ1v) is 7.90. The Morgan fingerprint density at radius 1 is 1.31 bits per heavy atom. The van der Waals surface area contributed by atoms with Crippen molar-refractivity contribution in [1.82, 2.24) is 15.3 Å². The minimum atomic E-state index is -4.51. The number of carbonyl (C=O) groups is 1. The molecule has 0 bridgehead atoms. The Bertz CT molecular complexity index is 794. The molecule has 2 N–H and O–H groups in total. The van der Waals surface area contributed by atoms with Gasteiger partial charge in [-0.05, 0) is 31.5 Å². The largest absolute Gasteiger partial charge is 0.495 e. The van der Waals surface area contributed by atoms with Gasteiger partial charge in [0.2, 0.25) is 5.95 Å². The second-order valence-electron chi connectivity index (χ2n) is 5.49. The average Bonchev–Trinajstić information content (AvgIpc) is 2.58. The first-order chi connectivity index (χ1) is 12.3. The highest BCUT2D eigenvalue weighted by Crippen LogP contribution is 2.32. The zero-order chi connectivity index (χ0) is 19.3. The number of hydrogen-bond donors (Lipinski definition) is 2. The molecule has 0 saturated heterocycles. The lowest BCUT2D eigenvalue weighted by Gasteiger charge is -2.13. The molecule has 0 atom stereocenters. The van der Waals surface area contributed by atoms with Crippen molar-refractivity contribution in [1.29, 1.82) is 0 Å². The van der Waals surface area contributed by atoms with Crippen LogP contribution in [0.15, 0.2) is 24.4 Å². The van der Waals surface area contributed by atoms with Crippen LogP contribution in [0, 0.1) is 6.92 Å². The highest BCUT2D eigenvalue weighted by Gasteiger charge is 2.33. The topological polar surface area (TPSA) is 76.1 Å². The number of hydrogen-bond acceptors (Lipinski definition) is 5. The number of ether oxygens (including phenoxy) is 1. The van der Waals surface area contributed by atoms with Crippen molar-refractivity contribution >= 4 is 17.5 Å². The van der Waals surface area contributed by atoms with Gasteiger partial charge in [0.05, 0.1) is 24.1 Å². The average molecular weight is 368 g/mol. The maximum atomic E-state index is 12.8. The number of aromatic nitrogens is 2. The normalized spacial score (nSPS) is 11.2. The summed E-state index contributed by atoms with van der Waals surface area (Å²) >= 11 is 0. The van der Waals surface area contributed by atoms with Crippen molar-refractivity contribution in [2.24, 2.45) is 0 Å². The molecule has 0 spiro atoms. The molecule has 0 aliphatic heterocycles. The minimum Gasteiger partial charge on any atom is -0.495 e. The number of amides is 1. The summed E-state index contributed by atoms with van der Waals surface area (Å²) in [6.07, 6.45) is -2.97. The highest BCUT2D eigenvalue weighted by molar-refractivity contribution is 5.95. The summed E-state index contributed by atoms with van der Waals surface area (Å²) in [5.41, 5.74) is -0.244. The minimum absolute atomic E-state index is 0.00279. The highest BCUT2D eigenvalue weighted by atomic mass is 19.4. The molecule has 26 heavy (non-hydrogen) atoms. The predicted octanol–water partition coefficient (Wildman–Crippen LogP) is 3.70. The third-order valence-corrected chi connectivity index (χ3v) is 3.53. The number of benzene rings is 1. The summed E-state index contributed by atoms with van der Waals surface area (Å²) in [4.78, 5) is 19.5. The van der Waals surface area contributed by atoms with Crippen LogP contribution in [0.5, 0.6) is 5.75 Å². The van der Waals surface area contributed by atoms with Gasteiger partial charge >= 0.3 is 6.18 Å². The number of alkyl halides is 3. The van der Waals surface area contributed by atoms with Crippen LogP contribution in [0.3, 0.4) is 0 Å². The van der Waals surface area contributed by atoms with E-state index in [0.29, 0.717) is 23.5 Å². The van der Waals surface area contributed by atoms with Crippen molar-refractivity contribution in [3.63, 3.8) is 0 Å². The Labute approximate surface area is 148 Å². The molecular weight excluding hydrogens is 349 g/mol. The van der Waals surface area contributed by atoms with E-state index in [4.69, 9.17) is 4.74 Å². The third kappa shape index (κ3) is 4.62. The van der Waals surface area contributed by atoms with Gasteiger partial charge in [-0.15, -0.1) is 0 Å². The molecule has 0 saturated carbocycles. The summed E-state index contributed by atoms with van der Waals surface area (Å²) in [6, 6.07) is 4.69. The third-order valence-electron chi connectivity index (χ3n) is 3.53. The van der Waals surface area contributed by atoms with Crippen LogP contribution in [0.4, 0.5) is 24.8 Å². The Morgan fingerprint density at radius 2 is 2.04 bits per heavy atom. The molecule has 1 aromatic heterocycles. The zero-order valence-corrected chi connectivity index (χ0v) is 14.6. The van der Waals surface area contributed by atoms with Gasteiger partial charge in [0.1, 0.15) is 5.75 Å². The second-order valence-corrected chi connectivity index (χ2v) is 5.49. The van der Waals surface area contributed by atoms with E-state index in [1.54, 1.807) is 12.1 Å². The monoisotopic (exact) mass is 368 g/mol. The van der Waals surface area contributed by atoms with Gasteiger partial charge in [0.15, 0.2) is 0 Å². The van der Waals surface area contributed by atoms with Crippen LogP contribution in [-0.4, -0.2) is 29.5 Å². The molecule has 0 fully saturated rings. The molecule has 1 aromatic carbocycles. The van der Waals surface area contributed by atoms with Crippen molar-refractivity contribution in [3.05, 3.63) is 41.2 Å². The SMILES string of the molecule is CCCNC(=O)c1ccc(Nc2ncc(C(F)(F)F)c(C)n2)c(OC)c1. The van der Waals surface area contributed by atoms with E-state index >= 15 is 0 Å². The van der Waals surface area contributed by atoms with Crippen LogP contribution in [0.25, 0.3) is 0 Å². The molecular formula is C17H19F3N4O2. The quantitative estimate of drug-likeness (QED) is 0.813. The van der Waals surface area contributed by atoms with Crippen molar-refractivity contribution < 1.29 is 22.7 Å². The van der Waals surface area contributed by atoms with Gasteiger partial charge in [-0.1, -0.05) is 6.92 Å². The van der Waals surface area contributed by atoms with Crippen LogP contribution >= 0.6 is 0 Å². The maximum Gasteiger partial charge on any atom is 0.419 e. The molecule has 140 valence electrons. The van der Waals surface area contributed by atoms with E-state index in [-0.39, 0.29) is 17.5 Å². The van der Waals surface area contributed by atoms with Gasteiger partial charge in [0.25, 0.3) is 5.91 Å². The van der Waals surface area contributed by atoms with Gasteiger partial charge in [0, 0.05) is 18.3 Å². The van der Waals surface area contributed by atoms with Gasteiger partial charge in [-0.25, -0.2) is 9.97 Å². The van der Waals surface area contributed by atoms with Gasteiger partial charge in [-0.2, -0.15) is 13.2 Å². The first kappa shape index (κ1) is 19.5. The lowest BCUT2D eigenvalue weighted by atomic mass is 10.1. The zero-order valence-electron chi connectivity index (χ0n) is 14.6. The number of nitrogens with zero attached hydrogens (tertiary/aromatic N) is 2. The number of aryl methyl sites for hydroxylation is 1. The number of anilines is 2. The maximum absolute atomic E-state index is 12.8. The molecule has 1 amide bonds. The van der Waals surface area contributed by atoms with E-state index in [1.165, 1.54) is 20.1 Å². The van der Waals surface area contributed by atoms with Crippen LogP contribution in [-0.2, 0) is 6.18 Å². The van der Waals surface area contributed by atoms with E-state index in [9.17, 15) is 18.0 Å². The summed E-state index contributed by atoms with van der Waals surface area (Å²) in [5, 5.41) is 5.56. The Balaban J connectivity index is 2.24. The van der Waals surface area contributed by atoms with Crippen molar-refractivity contribution in [2.45, 2.75) is 26.4 Å². The number of methoxy groups -OCH3 is 1. The van der Waals surface area contributed by atoms with Gasteiger partial charge in [-0.3, -0.25) is 4.79 Å². The fraction of sp³-hybridized carbons (Fsp3) is 0.353. The number of rotatable bonds is 6. The smallest absolute Gasteiger partial charge is 0.419 e. The van der Waals surface area contributed by atoms with Crippen LogP contribution in [0.1, 0.15) is 35.0 Å². The van der Waals surface area contributed by atoms with Crippen molar-refractivity contribution in [3.8, 4) is 5.75 Å². The number of carbonyl (C=O) groups excluding carboxylic acids is 1. The molecule has 0 unspecified atom stereocenters. The molecule has 9 heteroatoms. The van der Waals surface area contributed by atoms with Crippen LogP contribution < -0.4 is 15.4 Å². The van der Waals surface area contributed by atoms with E-state index < -0.39 is 11.7 Å². The standard InChI is InChI=1S/C17H19F3N4O2/c1-4-7-21-15(25)11-5-6-13(14(8-11)26-3)24-16-22-9-12(10(2)23-16)17(18,19)20/h5-6,8-9H,4,7H2,1-3H3,(H,21,25)(H,22,23,24). The Kier molecular flexibility index (Phi) is 6.01. The Morgan fingerprint density at radius 3 is 2.62 bits per heavy atom. The molecule has 6 nitrogen and oxygen atoms in total. The summed E-state index contributed by atoms with van der Waals surface area (Å²) in [5.74, 6) is 0.102. The molecule has 2 rings (SSSR count). The molecule has 2 aromatic rings. The van der Waals surface area contributed by atoms with Crippen LogP contribution in [0.2, 0.25) is 0 Å². The van der Waals surface area contributed by atoms with Crippen molar-refractivity contribution in [2.75, 3.05) is 19.0 Å². The van der Waals surface area contributed by atoms with E-state index in [1.807, 2.05) is 6.92 Å². The predicted molar refractivity (Wildman–Crippen MR) is 90.7 cm³/mol. The number of halogens is 3. The summed E-state index contributed by atoms with van der Waals surface area (Å²) in [6.45, 7) is 3.76. The second kappa shape index (κ2) is 8.03. The van der Waals surface area contributed by atoms with E-state index in [2.05, 4.69) is 20.6 Å².